The number of nitrogens with two attached hydrogens (primary N) is 2. The normalized spacial score (nSPS) is 11.6. The maximum absolute atomic E-state index is 13.2. The highest BCUT2D eigenvalue weighted by Crippen LogP contribution is 2.14. The predicted octanol–water partition coefficient (Wildman–Crippen LogP) is 0.312. The van der Waals surface area contributed by atoms with Crippen molar-refractivity contribution < 1.29 is 9.18 Å². The first kappa shape index (κ1) is 10.5. The molecule has 5 nitrogen and oxygen atoms in total. The summed E-state index contributed by atoms with van der Waals surface area (Å²) in [7, 11) is 0. The summed E-state index contributed by atoms with van der Waals surface area (Å²) < 4.78 is 14.5. The predicted molar refractivity (Wildman–Crippen MR) is 50.3 cm³/mol. The fraction of sp³-hybridized carbons (Fsp3) is 0.500. The van der Waals surface area contributed by atoms with Gasteiger partial charge in [-0.15, -0.1) is 0 Å². The Morgan fingerprint density at radius 3 is 2.64 bits per heavy atom. The second-order valence-electron chi connectivity index (χ2n) is 3.71. The van der Waals surface area contributed by atoms with E-state index in [-0.39, 0.29) is 17.9 Å². The van der Waals surface area contributed by atoms with Crippen LogP contribution >= 0.6 is 0 Å². The van der Waals surface area contributed by atoms with E-state index in [1.807, 2.05) is 0 Å². The van der Waals surface area contributed by atoms with Crippen LogP contribution in [0.4, 0.5) is 10.2 Å². The van der Waals surface area contributed by atoms with Crippen LogP contribution in [0.3, 0.4) is 0 Å². The standard InChI is InChI=1S/C8H13FN4O/c1-8(2,9)4-13-3-5(7(11)14)6(10)12-13/h3H,4H2,1-2H3,(H2,10,12)(H2,11,14). The molecule has 1 heterocycles. The number of anilines is 1. The monoisotopic (exact) mass is 200 g/mol. The lowest BCUT2D eigenvalue weighted by Gasteiger charge is -2.12. The van der Waals surface area contributed by atoms with Crippen molar-refractivity contribution in [3.05, 3.63) is 11.8 Å². The van der Waals surface area contributed by atoms with Gasteiger partial charge >= 0.3 is 0 Å². The average molecular weight is 200 g/mol. The van der Waals surface area contributed by atoms with E-state index in [4.69, 9.17) is 11.5 Å². The van der Waals surface area contributed by atoms with E-state index >= 15 is 0 Å². The minimum atomic E-state index is -1.41. The van der Waals surface area contributed by atoms with Gasteiger partial charge in [0, 0.05) is 6.20 Å². The van der Waals surface area contributed by atoms with Crippen LogP contribution in [0, 0.1) is 0 Å². The lowest BCUT2D eigenvalue weighted by Crippen LogP contribution is -2.21. The number of nitrogens with zero attached hydrogens (tertiary/aromatic N) is 2. The summed E-state index contributed by atoms with van der Waals surface area (Å²) in [5, 5.41) is 3.77. The van der Waals surface area contributed by atoms with E-state index in [0.717, 1.165) is 0 Å². The van der Waals surface area contributed by atoms with Crippen molar-refractivity contribution in [1.82, 2.24) is 9.78 Å². The number of alkyl halides is 1. The molecular weight excluding hydrogens is 187 g/mol. The van der Waals surface area contributed by atoms with Gasteiger partial charge in [0.15, 0.2) is 5.82 Å². The van der Waals surface area contributed by atoms with Crippen molar-refractivity contribution in [2.24, 2.45) is 5.73 Å². The van der Waals surface area contributed by atoms with Gasteiger partial charge < -0.3 is 11.5 Å². The van der Waals surface area contributed by atoms with Crippen LogP contribution in [0.25, 0.3) is 0 Å². The maximum atomic E-state index is 13.2. The number of amides is 1. The van der Waals surface area contributed by atoms with Gasteiger partial charge in [-0.2, -0.15) is 5.10 Å². The van der Waals surface area contributed by atoms with Crippen molar-refractivity contribution >= 4 is 11.7 Å². The molecule has 1 aromatic heterocycles. The number of halogens is 1. The van der Waals surface area contributed by atoms with Crippen molar-refractivity contribution in [1.29, 1.82) is 0 Å². The molecule has 0 aromatic carbocycles. The number of nitrogen functional groups attached to an aromatic ring is 1. The molecule has 0 aliphatic rings. The third kappa shape index (κ3) is 2.45. The smallest absolute Gasteiger partial charge is 0.254 e. The van der Waals surface area contributed by atoms with Gasteiger partial charge in [0.1, 0.15) is 11.2 Å². The van der Waals surface area contributed by atoms with Crippen LogP contribution in [-0.2, 0) is 6.54 Å². The molecular formula is C8H13FN4O. The molecule has 78 valence electrons. The topological polar surface area (TPSA) is 86.9 Å². The molecule has 0 aliphatic heterocycles. The van der Waals surface area contributed by atoms with Crippen LogP contribution in [0.5, 0.6) is 0 Å². The highest BCUT2D eigenvalue weighted by molar-refractivity contribution is 5.96. The van der Waals surface area contributed by atoms with E-state index in [1.54, 1.807) is 0 Å². The molecule has 0 atom stereocenters. The molecule has 1 rings (SSSR count). The Morgan fingerprint density at radius 1 is 1.71 bits per heavy atom. The van der Waals surface area contributed by atoms with Crippen molar-refractivity contribution in [2.45, 2.75) is 26.1 Å². The highest BCUT2D eigenvalue weighted by atomic mass is 19.1. The molecule has 0 bridgehead atoms. The Hall–Kier alpha value is -1.59. The molecule has 1 amide bonds. The van der Waals surface area contributed by atoms with Gasteiger partial charge in [-0.25, -0.2) is 4.39 Å². The zero-order chi connectivity index (χ0) is 10.9. The van der Waals surface area contributed by atoms with E-state index in [1.165, 1.54) is 24.7 Å². The quantitative estimate of drug-likeness (QED) is 0.736. The van der Waals surface area contributed by atoms with Gasteiger partial charge in [-0.1, -0.05) is 0 Å². The molecule has 0 spiro atoms. The molecule has 0 saturated carbocycles. The zero-order valence-electron chi connectivity index (χ0n) is 8.12. The number of aromatic nitrogens is 2. The van der Waals surface area contributed by atoms with Crippen molar-refractivity contribution in [3.8, 4) is 0 Å². The van der Waals surface area contributed by atoms with Crippen LogP contribution in [0.2, 0.25) is 0 Å². The third-order valence-corrected chi connectivity index (χ3v) is 1.59. The van der Waals surface area contributed by atoms with E-state index in [0.29, 0.717) is 0 Å². The van der Waals surface area contributed by atoms with E-state index in [9.17, 15) is 9.18 Å². The second-order valence-corrected chi connectivity index (χ2v) is 3.71. The summed E-state index contributed by atoms with van der Waals surface area (Å²) in [4.78, 5) is 10.8. The number of rotatable bonds is 3. The largest absolute Gasteiger partial charge is 0.382 e. The summed E-state index contributed by atoms with van der Waals surface area (Å²) in [5.41, 5.74) is 9.14. The molecule has 1 aromatic rings. The summed E-state index contributed by atoms with van der Waals surface area (Å²) in [6.07, 6.45) is 1.35. The van der Waals surface area contributed by atoms with Gasteiger partial charge in [0.25, 0.3) is 5.91 Å². The van der Waals surface area contributed by atoms with Gasteiger partial charge in [-0.3, -0.25) is 9.48 Å². The van der Waals surface area contributed by atoms with Crippen LogP contribution in [0.15, 0.2) is 6.20 Å². The number of carbonyl (C=O) groups excluding carboxylic acids is 1. The Labute approximate surface area is 80.9 Å². The van der Waals surface area contributed by atoms with Crippen LogP contribution in [0.1, 0.15) is 24.2 Å². The second kappa shape index (κ2) is 3.28. The Balaban J connectivity index is 2.92. The minimum absolute atomic E-state index is 0.0294. The number of carbonyl (C=O) groups is 1. The highest BCUT2D eigenvalue weighted by Gasteiger charge is 2.19. The van der Waals surface area contributed by atoms with Crippen LogP contribution in [-0.4, -0.2) is 21.4 Å². The molecule has 0 saturated heterocycles. The molecule has 0 radical (unpaired) electrons. The Bertz CT molecular complexity index is 353. The molecule has 14 heavy (non-hydrogen) atoms. The summed E-state index contributed by atoms with van der Waals surface area (Å²) >= 11 is 0. The minimum Gasteiger partial charge on any atom is -0.382 e. The van der Waals surface area contributed by atoms with Gasteiger partial charge in [-0.05, 0) is 13.8 Å². The van der Waals surface area contributed by atoms with Crippen LogP contribution < -0.4 is 11.5 Å². The summed E-state index contributed by atoms with van der Waals surface area (Å²) in [6, 6.07) is 0. The summed E-state index contributed by atoms with van der Waals surface area (Å²) in [6.45, 7) is 2.86. The maximum Gasteiger partial charge on any atom is 0.254 e. The average Bonchev–Trinajstić information content (AvgIpc) is 2.26. The van der Waals surface area contributed by atoms with E-state index in [2.05, 4.69) is 5.10 Å². The first-order chi connectivity index (χ1) is 6.29. The molecule has 0 fully saturated rings. The lowest BCUT2D eigenvalue weighted by molar-refractivity contribution is 0.100. The number of hydrogen-bond donors (Lipinski definition) is 2. The Morgan fingerprint density at radius 2 is 2.29 bits per heavy atom. The van der Waals surface area contributed by atoms with Crippen molar-refractivity contribution in [3.63, 3.8) is 0 Å². The number of primary amides is 1. The van der Waals surface area contributed by atoms with Gasteiger partial charge in [0.2, 0.25) is 0 Å². The lowest BCUT2D eigenvalue weighted by atomic mass is 10.2. The molecule has 6 heteroatoms. The third-order valence-electron chi connectivity index (χ3n) is 1.59. The van der Waals surface area contributed by atoms with E-state index < -0.39 is 11.6 Å². The SMILES string of the molecule is CC(C)(F)Cn1cc(C(N)=O)c(N)n1. The summed E-state index contributed by atoms with van der Waals surface area (Å²) in [5.74, 6) is -0.632. The first-order valence-electron chi connectivity index (χ1n) is 4.11. The zero-order valence-corrected chi connectivity index (χ0v) is 8.12. The fourth-order valence-electron chi connectivity index (χ4n) is 1.09. The van der Waals surface area contributed by atoms with Gasteiger partial charge in [0.05, 0.1) is 6.54 Å². The fourth-order valence-corrected chi connectivity index (χ4v) is 1.09. The first-order valence-corrected chi connectivity index (χ1v) is 4.11. The molecule has 4 N–H and O–H groups in total. The molecule has 0 aliphatic carbocycles. The molecule has 0 unspecified atom stereocenters. The number of hydrogen-bond acceptors (Lipinski definition) is 3. The Kier molecular flexibility index (Phi) is 2.46. The van der Waals surface area contributed by atoms with Crippen molar-refractivity contribution in [2.75, 3.05) is 5.73 Å².